The van der Waals surface area contributed by atoms with E-state index in [1.807, 2.05) is 18.3 Å². The molecule has 1 fully saturated rings. The van der Waals surface area contributed by atoms with Crippen molar-refractivity contribution in [1.82, 2.24) is 19.7 Å². The van der Waals surface area contributed by atoms with Crippen LogP contribution in [0.5, 0.6) is 0 Å². The Labute approximate surface area is 155 Å². The Kier molecular flexibility index (Phi) is 4.64. The van der Waals surface area contributed by atoms with E-state index in [1.165, 1.54) is 0 Å². The molecule has 0 unspecified atom stereocenters. The molecule has 3 aromatic rings. The number of aromatic nitrogens is 4. The van der Waals surface area contributed by atoms with Gasteiger partial charge in [0.25, 0.3) is 0 Å². The molecule has 0 aliphatic heterocycles. The van der Waals surface area contributed by atoms with Gasteiger partial charge in [-0.15, -0.1) is 10.2 Å². The van der Waals surface area contributed by atoms with Crippen molar-refractivity contribution < 1.29 is 0 Å². The van der Waals surface area contributed by atoms with E-state index in [-0.39, 0.29) is 5.92 Å². The number of nitriles is 2. The highest BCUT2D eigenvalue weighted by atomic mass is 32.2. The van der Waals surface area contributed by atoms with Gasteiger partial charge >= 0.3 is 0 Å². The third kappa shape index (κ3) is 3.18. The van der Waals surface area contributed by atoms with Crippen molar-refractivity contribution in [2.45, 2.75) is 36.9 Å². The molecular formula is C19H18N6S. The van der Waals surface area contributed by atoms with Crippen LogP contribution in [-0.4, -0.2) is 25.5 Å². The summed E-state index contributed by atoms with van der Waals surface area (Å²) in [6.45, 7) is 0. The molecule has 1 saturated carbocycles. The normalized spacial score (nSPS) is 14.8. The van der Waals surface area contributed by atoms with Crippen LogP contribution in [0.15, 0.2) is 35.6 Å². The molecule has 0 spiro atoms. The number of thioether (sulfide) groups is 1. The zero-order valence-corrected chi connectivity index (χ0v) is 15.0. The van der Waals surface area contributed by atoms with Gasteiger partial charge < -0.3 is 4.98 Å². The Morgan fingerprint density at radius 3 is 2.88 bits per heavy atom. The molecule has 1 aromatic carbocycles. The predicted molar refractivity (Wildman–Crippen MR) is 100 cm³/mol. The fraction of sp³-hybridized carbons (Fsp3) is 0.368. The Hall–Kier alpha value is -2.77. The van der Waals surface area contributed by atoms with E-state index in [0.29, 0.717) is 24.6 Å². The van der Waals surface area contributed by atoms with Crippen LogP contribution in [0.25, 0.3) is 22.3 Å². The molecule has 1 aliphatic rings. The SMILES string of the molecule is N#CCC[C@@H](C#N)CSc1nnc(-c2c[nH]c3ccccc23)n1C1CC1. The molecular weight excluding hydrogens is 344 g/mol. The summed E-state index contributed by atoms with van der Waals surface area (Å²) in [5.74, 6) is 1.38. The maximum absolute atomic E-state index is 9.28. The Bertz CT molecular complexity index is 1000. The van der Waals surface area contributed by atoms with Crippen LogP contribution in [0, 0.1) is 28.6 Å². The number of nitrogens with one attached hydrogen (secondary N) is 1. The first-order chi connectivity index (χ1) is 12.8. The summed E-state index contributed by atoms with van der Waals surface area (Å²) in [6.07, 6.45) is 5.28. The predicted octanol–water partition coefficient (Wildman–Crippen LogP) is 4.30. The Morgan fingerprint density at radius 2 is 2.12 bits per heavy atom. The van der Waals surface area contributed by atoms with Gasteiger partial charge in [0.05, 0.1) is 18.1 Å². The number of H-pyrrole nitrogens is 1. The van der Waals surface area contributed by atoms with Crippen LogP contribution < -0.4 is 0 Å². The lowest BCUT2D eigenvalue weighted by atomic mass is 10.1. The number of benzene rings is 1. The summed E-state index contributed by atoms with van der Waals surface area (Å²) in [4.78, 5) is 3.30. The van der Waals surface area contributed by atoms with E-state index < -0.39 is 0 Å². The highest BCUT2D eigenvalue weighted by Crippen LogP contribution is 2.42. The van der Waals surface area contributed by atoms with Gasteiger partial charge in [0.1, 0.15) is 0 Å². The second-order valence-corrected chi connectivity index (χ2v) is 7.48. The fourth-order valence-corrected chi connectivity index (χ4v) is 4.14. The molecule has 1 aliphatic carbocycles. The maximum atomic E-state index is 9.28. The first kappa shape index (κ1) is 16.7. The molecule has 0 bridgehead atoms. The van der Waals surface area contributed by atoms with Gasteiger partial charge in [-0.3, -0.25) is 4.57 Å². The summed E-state index contributed by atoms with van der Waals surface area (Å²) < 4.78 is 2.22. The van der Waals surface area contributed by atoms with Crippen molar-refractivity contribution >= 4 is 22.7 Å². The second-order valence-electron chi connectivity index (χ2n) is 6.49. The molecule has 1 N–H and O–H groups in total. The van der Waals surface area contributed by atoms with E-state index >= 15 is 0 Å². The van der Waals surface area contributed by atoms with E-state index in [2.05, 4.69) is 44.0 Å². The molecule has 1 atom stereocenters. The molecule has 26 heavy (non-hydrogen) atoms. The van der Waals surface area contributed by atoms with Crippen LogP contribution in [-0.2, 0) is 0 Å². The highest BCUT2D eigenvalue weighted by Gasteiger charge is 2.31. The zero-order valence-electron chi connectivity index (χ0n) is 14.2. The number of para-hydroxylation sites is 1. The molecule has 130 valence electrons. The number of hydrogen-bond acceptors (Lipinski definition) is 5. The first-order valence-corrected chi connectivity index (χ1v) is 9.71. The molecule has 4 rings (SSSR count). The number of nitrogens with zero attached hydrogens (tertiary/aromatic N) is 5. The Morgan fingerprint density at radius 1 is 1.27 bits per heavy atom. The largest absolute Gasteiger partial charge is 0.360 e. The van der Waals surface area contributed by atoms with Crippen LogP contribution in [0.3, 0.4) is 0 Å². The Balaban J connectivity index is 1.62. The standard InChI is InChI=1S/C19H18N6S/c20-9-3-4-13(10-21)12-26-19-24-23-18(25(19)14-7-8-14)16-11-22-17-6-2-1-5-15(16)17/h1-2,5-6,11,13-14,22H,3-4,7-8,12H2/t13-/m0/s1. The van der Waals surface area contributed by atoms with Crippen molar-refractivity contribution in [2.75, 3.05) is 5.75 Å². The van der Waals surface area contributed by atoms with Gasteiger partial charge in [0.2, 0.25) is 0 Å². The highest BCUT2D eigenvalue weighted by molar-refractivity contribution is 7.99. The molecule has 2 aromatic heterocycles. The fourth-order valence-electron chi connectivity index (χ4n) is 3.08. The van der Waals surface area contributed by atoms with Crippen molar-refractivity contribution in [3.63, 3.8) is 0 Å². The van der Waals surface area contributed by atoms with Gasteiger partial charge in [-0.25, -0.2) is 0 Å². The van der Waals surface area contributed by atoms with E-state index in [4.69, 9.17) is 5.26 Å². The topological polar surface area (TPSA) is 94.1 Å². The number of aromatic amines is 1. The van der Waals surface area contributed by atoms with Gasteiger partial charge in [0.15, 0.2) is 11.0 Å². The van der Waals surface area contributed by atoms with Crippen LogP contribution in [0.4, 0.5) is 0 Å². The second kappa shape index (κ2) is 7.23. The molecule has 6 nitrogen and oxygen atoms in total. The van der Waals surface area contributed by atoms with Gasteiger partial charge in [-0.1, -0.05) is 30.0 Å². The summed E-state index contributed by atoms with van der Waals surface area (Å²) in [6, 6.07) is 13.0. The first-order valence-electron chi connectivity index (χ1n) is 8.72. The summed E-state index contributed by atoms with van der Waals surface area (Å²) in [7, 11) is 0. The van der Waals surface area contributed by atoms with Crippen molar-refractivity contribution in [3.8, 4) is 23.5 Å². The minimum absolute atomic E-state index is 0.138. The minimum atomic E-state index is -0.138. The van der Waals surface area contributed by atoms with Crippen LogP contribution in [0.1, 0.15) is 31.7 Å². The molecule has 0 radical (unpaired) electrons. The van der Waals surface area contributed by atoms with Gasteiger partial charge in [0, 0.05) is 40.9 Å². The van der Waals surface area contributed by atoms with Crippen molar-refractivity contribution in [2.24, 2.45) is 5.92 Å². The lowest BCUT2D eigenvalue weighted by molar-refractivity contribution is 0.659. The average molecular weight is 362 g/mol. The average Bonchev–Trinajstić information content (AvgIpc) is 3.28. The van der Waals surface area contributed by atoms with Gasteiger partial charge in [-0.2, -0.15) is 10.5 Å². The van der Waals surface area contributed by atoms with Crippen LogP contribution in [0.2, 0.25) is 0 Å². The summed E-state index contributed by atoms with van der Waals surface area (Å²) in [5, 5.41) is 28.9. The number of rotatable bonds is 7. The molecule has 0 amide bonds. The van der Waals surface area contributed by atoms with E-state index in [0.717, 1.165) is 40.3 Å². The van der Waals surface area contributed by atoms with Crippen molar-refractivity contribution in [3.05, 3.63) is 30.5 Å². The molecule has 7 heteroatoms. The van der Waals surface area contributed by atoms with Crippen LogP contribution >= 0.6 is 11.8 Å². The third-order valence-corrected chi connectivity index (χ3v) is 5.71. The van der Waals surface area contributed by atoms with Gasteiger partial charge in [-0.05, 0) is 25.3 Å². The third-order valence-electron chi connectivity index (χ3n) is 4.61. The minimum Gasteiger partial charge on any atom is -0.360 e. The lowest BCUT2D eigenvalue weighted by Gasteiger charge is -2.10. The van der Waals surface area contributed by atoms with E-state index in [9.17, 15) is 5.26 Å². The maximum Gasteiger partial charge on any atom is 0.191 e. The summed E-state index contributed by atoms with van der Waals surface area (Å²) >= 11 is 1.57. The summed E-state index contributed by atoms with van der Waals surface area (Å²) in [5.41, 5.74) is 2.15. The lowest BCUT2D eigenvalue weighted by Crippen LogP contribution is -2.04. The zero-order chi connectivity index (χ0) is 17.9. The number of hydrogen-bond donors (Lipinski definition) is 1. The monoisotopic (exact) mass is 362 g/mol. The molecule has 2 heterocycles. The quantitative estimate of drug-likeness (QED) is 0.632. The number of fused-ring (bicyclic) bond motifs is 1. The van der Waals surface area contributed by atoms with Crippen molar-refractivity contribution in [1.29, 1.82) is 10.5 Å². The van der Waals surface area contributed by atoms with E-state index in [1.54, 1.807) is 11.8 Å². The smallest absolute Gasteiger partial charge is 0.191 e. The molecule has 0 saturated heterocycles.